The molecule has 0 aliphatic heterocycles. The van der Waals surface area contributed by atoms with Gasteiger partial charge in [-0.15, -0.1) is 0 Å². The Morgan fingerprint density at radius 2 is 2.20 bits per heavy atom. The van der Waals surface area contributed by atoms with Crippen molar-refractivity contribution in [2.24, 2.45) is 0 Å². The molecule has 0 N–H and O–H groups in total. The fourth-order valence-electron chi connectivity index (χ4n) is 1.41. The lowest BCUT2D eigenvalue weighted by molar-refractivity contribution is 0.328. The molecule has 0 unspecified atom stereocenters. The van der Waals surface area contributed by atoms with Crippen LogP contribution in [0.4, 0.5) is 0 Å². The fraction of sp³-hybridized carbons (Fsp3) is 0.154. The van der Waals surface area contributed by atoms with Gasteiger partial charge in [-0.1, -0.05) is 24.3 Å². The van der Waals surface area contributed by atoms with Crippen LogP contribution >= 0.6 is 0 Å². The summed E-state index contributed by atoms with van der Waals surface area (Å²) in [5, 5.41) is 0. The maximum Gasteiger partial charge on any atom is 0.221 e. The highest BCUT2D eigenvalue weighted by Gasteiger charge is 2.05. The number of nitrogens with zero attached hydrogens (tertiary/aromatic N) is 1. The van der Waals surface area contributed by atoms with Gasteiger partial charge in [0.25, 0.3) is 0 Å². The van der Waals surface area contributed by atoms with Crippen molar-refractivity contribution in [2.45, 2.75) is 6.92 Å². The Labute approximate surface area is 89.6 Å². The summed E-state index contributed by atoms with van der Waals surface area (Å²) in [5.41, 5.74) is 1.99. The van der Waals surface area contributed by atoms with Crippen molar-refractivity contribution >= 4 is 0 Å². The zero-order chi connectivity index (χ0) is 10.5. The molecule has 0 amide bonds. The minimum absolute atomic E-state index is 0.622. The van der Waals surface area contributed by atoms with Gasteiger partial charge in [-0.25, -0.2) is 4.98 Å². The Kier molecular flexibility index (Phi) is 2.98. The van der Waals surface area contributed by atoms with Crippen molar-refractivity contribution < 1.29 is 4.74 Å². The van der Waals surface area contributed by atoms with E-state index >= 15 is 0 Å². The summed E-state index contributed by atoms with van der Waals surface area (Å²) in [6.45, 7) is 2.57. The summed E-state index contributed by atoms with van der Waals surface area (Å²) in [4.78, 5) is 4.20. The Balaban J connectivity index is 2.43. The molecule has 75 valence electrons. The molecule has 0 aliphatic rings. The molecular weight excluding hydrogens is 186 g/mol. The van der Waals surface area contributed by atoms with Crippen LogP contribution in [0.3, 0.4) is 0 Å². The maximum absolute atomic E-state index is 5.46. The highest BCUT2D eigenvalue weighted by Crippen LogP contribution is 2.26. The van der Waals surface area contributed by atoms with Gasteiger partial charge in [0.15, 0.2) is 0 Å². The van der Waals surface area contributed by atoms with Crippen LogP contribution in [0.15, 0.2) is 42.6 Å². The number of pyridine rings is 1. The van der Waals surface area contributed by atoms with Crippen molar-refractivity contribution in [1.29, 1.82) is 0 Å². The molecule has 2 rings (SSSR count). The van der Waals surface area contributed by atoms with Gasteiger partial charge in [0, 0.05) is 11.8 Å². The predicted molar refractivity (Wildman–Crippen MR) is 59.7 cm³/mol. The summed E-state index contributed by atoms with van der Waals surface area (Å²) < 4.78 is 5.46. The number of rotatable bonds is 3. The minimum atomic E-state index is 0.622. The van der Waals surface area contributed by atoms with E-state index in [0.717, 1.165) is 11.1 Å². The van der Waals surface area contributed by atoms with Crippen LogP contribution in [0.25, 0.3) is 11.1 Å². The molecule has 0 saturated carbocycles. The first kappa shape index (κ1) is 9.71. The molecular formula is C13H12NO. The summed E-state index contributed by atoms with van der Waals surface area (Å²) in [6.07, 6.45) is 1.73. The molecule has 2 nitrogen and oxygen atoms in total. The Hall–Kier alpha value is -1.83. The predicted octanol–water partition coefficient (Wildman–Crippen LogP) is 2.95. The molecule has 15 heavy (non-hydrogen) atoms. The highest BCUT2D eigenvalue weighted by molar-refractivity contribution is 5.67. The van der Waals surface area contributed by atoms with Crippen LogP contribution < -0.4 is 4.74 Å². The third-order valence-corrected chi connectivity index (χ3v) is 2.05. The van der Waals surface area contributed by atoms with E-state index < -0.39 is 0 Å². The number of hydrogen-bond donors (Lipinski definition) is 0. The van der Waals surface area contributed by atoms with Crippen LogP contribution in [0.1, 0.15) is 6.92 Å². The Morgan fingerprint density at radius 3 is 2.93 bits per heavy atom. The molecule has 0 fully saturated rings. The first-order valence-corrected chi connectivity index (χ1v) is 4.96. The third kappa shape index (κ3) is 2.15. The average Bonchev–Trinajstić information content (AvgIpc) is 2.31. The van der Waals surface area contributed by atoms with Gasteiger partial charge in [-0.05, 0) is 30.7 Å². The molecule has 1 radical (unpaired) electrons. The van der Waals surface area contributed by atoms with E-state index in [4.69, 9.17) is 4.74 Å². The van der Waals surface area contributed by atoms with Crippen molar-refractivity contribution in [1.82, 2.24) is 4.98 Å². The lowest BCUT2D eigenvalue weighted by Gasteiger charge is -2.07. The maximum atomic E-state index is 5.46. The molecule has 0 saturated heterocycles. The lowest BCUT2D eigenvalue weighted by atomic mass is 10.1. The standard InChI is InChI=1S/C13H12NO/c1-2-15-13-12(9-6-10-14-13)11-7-4-3-5-8-11/h3-7,9-10H,2H2,1H3. The molecule has 0 atom stereocenters. The topological polar surface area (TPSA) is 22.1 Å². The number of hydrogen-bond acceptors (Lipinski definition) is 2. The van der Waals surface area contributed by atoms with Gasteiger partial charge in [-0.2, -0.15) is 0 Å². The summed E-state index contributed by atoms with van der Waals surface area (Å²) in [7, 11) is 0. The van der Waals surface area contributed by atoms with E-state index in [-0.39, 0.29) is 0 Å². The van der Waals surface area contributed by atoms with Crippen LogP contribution in [0, 0.1) is 6.07 Å². The zero-order valence-corrected chi connectivity index (χ0v) is 8.60. The highest BCUT2D eigenvalue weighted by atomic mass is 16.5. The number of aromatic nitrogens is 1. The summed E-state index contributed by atoms with van der Waals surface area (Å²) in [5.74, 6) is 0.669. The first-order chi connectivity index (χ1) is 7.42. The Morgan fingerprint density at radius 1 is 1.27 bits per heavy atom. The Bertz CT molecular complexity index is 426. The van der Waals surface area contributed by atoms with E-state index in [0.29, 0.717) is 12.5 Å². The van der Waals surface area contributed by atoms with Gasteiger partial charge in [0.05, 0.1) is 6.61 Å². The number of benzene rings is 1. The van der Waals surface area contributed by atoms with Gasteiger partial charge in [-0.3, -0.25) is 0 Å². The molecule has 1 heterocycles. The average molecular weight is 198 g/mol. The smallest absolute Gasteiger partial charge is 0.221 e. The molecule has 2 aromatic rings. The quantitative estimate of drug-likeness (QED) is 0.756. The van der Waals surface area contributed by atoms with E-state index in [1.165, 1.54) is 0 Å². The first-order valence-electron chi connectivity index (χ1n) is 4.96. The van der Waals surface area contributed by atoms with Gasteiger partial charge in [0.2, 0.25) is 5.88 Å². The monoisotopic (exact) mass is 198 g/mol. The fourth-order valence-corrected chi connectivity index (χ4v) is 1.41. The van der Waals surface area contributed by atoms with Crippen LogP contribution in [0.2, 0.25) is 0 Å². The lowest BCUT2D eigenvalue weighted by Crippen LogP contribution is -1.96. The van der Waals surface area contributed by atoms with E-state index in [1.807, 2.05) is 43.3 Å². The van der Waals surface area contributed by atoms with Crippen LogP contribution in [-0.4, -0.2) is 11.6 Å². The van der Waals surface area contributed by atoms with Crippen molar-refractivity contribution in [2.75, 3.05) is 6.61 Å². The normalized spacial score (nSPS) is 9.93. The SMILES string of the molecule is CCOc1ncccc1-c1[c]cccc1. The van der Waals surface area contributed by atoms with Crippen molar-refractivity contribution in [3.63, 3.8) is 0 Å². The second kappa shape index (κ2) is 4.60. The van der Waals surface area contributed by atoms with Crippen molar-refractivity contribution in [3.05, 3.63) is 48.7 Å². The third-order valence-electron chi connectivity index (χ3n) is 2.05. The zero-order valence-electron chi connectivity index (χ0n) is 8.60. The van der Waals surface area contributed by atoms with Crippen LogP contribution in [-0.2, 0) is 0 Å². The molecule has 2 heteroatoms. The van der Waals surface area contributed by atoms with Crippen LogP contribution in [0.5, 0.6) is 5.88 Å². The van der Waals surface area contributed by atoms with Gasteiger partial charge >= 0.3 is 0 Å². The van der Waals surface area contributed by atoms with Gasteiger partial charge in [0.1, 0.15) is 0 Å². The largest absolute Gasteiger partial charge is 0.478 e. The van der Waals surface area contributed by atoms with E-state index in [1.54, 1.807) is 6.20 Å². The second-order valence-corrected chi connectivity index (χ2v) is 3.07. The number of ether oxygens (including phenoxy) is 1. The minimum Gasteiger partial charge on any atom is -0.478 e. The van der Waals surface area contributed by atoms with Crippen molar-refractivity contribution in [3.8, 4) is 17.0 Å². The van der Waals surface area contributed by atoms with E-state index in [2.05, 4.69) is 11.1 Å². The van der Waals surface area contributed by atoms with Gasteiger partial charge < -0.3 is 4.74 Å². The summed E-state index contributed by atoms with van der Waals surface area (Å²) in [6, 6.07) is 14.9. The van der Waals surface area contributed by atoms with E-state index in [9.17, 15) is 0 Å². The molecule has 1 aromatic heterocycles. The molecule has 1 aromatic carbocycles. The second-order valence-electron chi connectivity index (χ2n) is 3.07. The molecule has 0 spiro atoms. The molecule has 0 aliphatic carbocycles. The summed E-state index contributed by atoms with van der Waals surface area (Å²) >= 11 is 0. The molecule has 0 bridgehead atoms.